The first-order valence-corrected chi connectivity index (χ1v) is 9.94. The molecule has 6 heteroatoms. The standard InChI is InChI=1S/C22H22BrNO4/c1-26-18-11-12(10-17(23)21(18)27-2)19-14-7-4-6-13(14)15-8-5-9-16(20(15)24-19)22(25)28-3/h4-6,8-11,13-14,19,24H,7H2,1-3H3/t13-,14+,19+/m1/s1. The Hall–Kier alpha value is -2.47. The number of benzene rings is 2. The van der Waals surface area contributed by atoms with Crippen LogP contribution in [-0.2, 0) is 4.74 Å². The maximum atomic E-state index is 12.3. The highest BCUT2D eigenvalue weighted by atomic mass is 79.9. The molecule has 0 fully saturated rings. The minimum atomic E-state index is -0.336. The Labute approximate surface area is 172 Å². The smallest absolute Gasteiger partial charge is 0.339 e. The zero-order valence-corrected chi connectivity index (χ0v) is 17.6. The summed E-state index contributed by atoms with van der Waals surface area (Å²) in [5.74, 6) is 1.60. The van der Waals surface area contributed by atoms with Crippen LogP contribution in [0.1, 0.15) is 39.9 Å². The van der Waals surface area contributed by atoms with Crippen molar-refractivity contribution < 1.29 is 19.0 Å². The van der Waals surface area contributed by atoms with Crippen LogP contribution in [0.3, 0.4) is 0 Å². The number of carbonyl (C=O) groups is 1. The lowest BCUT2D eigenvalue weighted by Gasteiger charge is -2.38. The second-order valence-electron chi connectivity index (χ2n) is 6.98. The first-order chi connectivity index (χ1) is 13.6. The maximum absolute atomic E-state index is 12.3. The number of hydrogen-bond acceptors (Lipinski definition) is 5. The third kappa shape index (κ3) is 2.96. The summed E-state index contributed by atoms with van der Waals surface area (Å²) >= 11 is 3.60. The zero-order chi connectivity index (χ0) is 19.8. The number of rotatable bonds is 4. The van der Waals surface area contributed by atoms with Gasteiger partial charge in [0, 0.05) is 5.92 Å². The van der Waals surface area contributed by atoms with E-state index in [4.69, 9.17) is 14.2 Å². The van der Waals surface area contributed by atoms with Crippen molar-refractivity contribution in [3.8, 4) is 11.5 Å². The minimum Gasteiger partial charge on any atom is -0.493 e. The fourth-order valence-corrected chi connectivity index (χ4v) is 4.97. The van der Waals surface area contributed by atoms with Crippen molar-refractivity contribution in [3.63, 3.8) is 0 Å². The number of carbonyl (C=O) groups excluding carboxylic acids is 1. The van der Waals surface area contributed by atoms with Gasteiger partial charge in [-0.25, -0.2) is 4.79 Å². The molecule has 1 aliphatic carbocycles. The van der Waals surface area contributed by atoms with Gasteiger partial charge in [0.2, 0.25) is 0 Å². The van der Waals surface area contributed by atoms with Crippen LogP contribution in [-0.4, -0.2) is 27.3 Å². The molecule has 146 valence electrons. The highest BCUT2D eigenvalue weighted by molar-refractivity contribution is 9.10. The normalized spacial score (nSPS) is 22.1. The molecule has 0 saturated carbocycles. The highest BCUT2D eigenvalue weighted by Gasteiger charge is 2.39. The first-order valence-electron chi connectivity index (χ1n) is 9.14. The van der Waals surface area contributed by atoms with E-state index in [1.165, 1.54) is 7.11 Å². The number of anilines is 1. The quantitative estimate of drug-likeness (QED) is 0.527. The van der Waals surface area contributed by atoms with E-state index in [2.05, 4.69) is 45.5 Å². The van der Waals surface area contributed by atoms with E-state index in [9.17, 15) is 4.79 Å². The second-order valence-corrected chi connectivity index (χ2v) is 7.83. The molecule has 0 spiro atoms. The third-order valence-electron chi connectivity index (χ3n) is 5.62. The molecule has 0 amide bonds. The van der Waals surface area contributed by atoms with Crippen LogP contribution >= 0.6 is 15.9 Å². The van der Waals surface area contributed by atoms with Gasteiger partial charge in [-0.3, -0.25) is 0 Å². The molecular formula is C22H22BrNO4. The van der Waals surface area contributed by atoms with E-state index >= 15 is 0 Å². The molecule has 0 bridgehead atoms. The van der Waals surface area contributed by atoms with Gasteiger partial charge >= 0.3 is 5.97 Å². The number of fused-ring (bicyclic) bond motifs is 3. The summed E-state index contributed by atoms with van der Waals surface area (Å²) in [6.45, 7) is 0. The lowest BCUT2D eigenvalue weighted by Crippen LogP contribution is -2.30. The van der Waals surface area contributed by atoms with Gasteiger partial charge < -0.3 is 19.5 Å². The summed E-state index contributed by atoms with van der Waals surface area (Å²) < 4.78 is 16.8. The van der Waals surface area contributed by atoms with Crippen LogP contribution in [0.15, 0.2) is 47.0 Å². The molecule has 28 heavy (non-hydrogen) atoms. The Morgan fingerprint density at radius 2 is 2.00 bits per heavy atom. The van der Waals surface area contributed by atoms with Gasteiger partial charge in [0.15, 0.2) is 11.5 Å². The van der Waals surface area contributed by atoms with Crippen molar-refractivity contribution in [1.82, 2.24) is 0 Å². The summed E-state index contributed by atoms with van der Waals surface area (Å²) in [7, 11) is 4.66. The molecule has 1 aliphatic heterocycles. The van der Waals surface area contributed by atoms with Gasteiger partial charge in [0.25, 0.3) is 0 Å². The van der Waals surface area contributed by atoms with Crippen molar-refractivity contribution >= 4 is 27.6 Å². The molecule has 1 N–H and O–H groups in total. The number of hydrogen-bond donors (Lipinski definition) is 1. The Balaban J connectivity index is 1.83. The average Bonchev–Trinajstić information content (AvgIpc) is 3.21. The molecule has 0 aromatic heterocycles. The number of nitrogens with one attached hydrogen (secondary N) is 1. The molecule has 4 rings (SSSR count). The van der Waals surface area contributed by atoms with E-state index in [0.29, 0.717) is 23.0 Å². The molecule has 5 nitrogen and oxygen atoms in total. The molecule has 2 aliphatic rings. The van der Waals surface area contributed by atoms with E-state index in [0.717, 1.165) is 27.7 Å². The van der Waals surface area contributed by atoms with E-state index < -0.39 is 0 Å². The van der Waals surface area contributed by atoms with E-state index in [-0.39, 0.29) is 17.9 Å². The van der Waals surface area contributed by atoms with Crippen molar-refractivity contribution in [2.75, 3.05) is 26.6 Å². The topological polar surface area (TPSA) is 56.8 Å². The summed E-state index contributed by atoms with van der Waals surface area (Å²) in [5.41, 5.74) is 3.62. The summed E-state index contributed by atoms with van der Waals surface area (Å²) in [6, 6.07) is 9.89. The average molecular weight is 444 g/mol. The monoisotopic (exact) mass is 443 g/mol. The molecule has 2 aromatic carbocycles. The Morgan fingerprint density at radius 1 is 1.18 bits per heavy atom. The fraction of sp³-hybridized carbons (Fsp3) is 0.318. The molecule has 0 saturated heterocycles. The van der Waals surface area contributed by atoms with Crippen LogP contribution in [0.4, 0.5) is 5.69 Å². The van der Waals surface area contributed by atoms with Crippen LogP contribution in [0.2, 0.25) is 0 Å². The molecule has 2 aromatic rings. The van der Waals surface area contributed by atoms with Gasteiger partial charge in [-0.1, -0.05) is 24.3 Å². The van der Waals surface area contributed by atoms with Crippen LogP contribution in [0.25, 0.3) is 0 Å². The number of ether oxygens (including phenoxy) is 3. The van der Waals surface area contributed by atoms with E-state index in [1.807, 2.05) is 12.1 Å². The molecule has 0 unspecified atom stereocenters. The van der Waals surface area contributed by atoms with Gasteiger partial charge in [0.1, 0.15) is 0 Å². The van der Waals surface area contributed by atoms with Crippen molar-refractivity contribution in [2.45, 2.75) is 18.4 Å². The number of halogens is 1. The third-order valence-corrected chi connectivity index (χ3v) is 6.21. The van der Waals surface area contributed by atoms with Gasteiger partial charge in [-0.15, -0.1) is 0 Å². The molecule has 1 heterocycles. The number of allylic oxidation sites excluding steroid dienone is 2. The Bertz CT molecular complexity index is 956. The first kappa shape index (κ1) is 18.9. The predicted molar refractivity (Wildman–Crippen MR) is 111 cm³/mol. The Kier molecular flexibility index (Phi) is 5.06. The summed E-state index contributed by atoms with van der Waals surface area (Å²) in [6.07, 6.45) is 5.43. The Morgan fingerprint density at radius 3 is 2.71 bits per heavy atom. The van der Waals surface area contributed by atoms with Gasteiger partial charge in [-0.2, -0.15) is 0 Å². The maximum Gasteiger partial charge on any atom is 0.339 e. The van der Waals surface area contributed by atoms with Crippen LogP contribution in [0.5, 0.6) is 11.5 Å². The lowest BCUT2D eigenvalue weighted by molar-refractivity contribution is 0.0601. The van der Waals surface area contributed by atoms with Gasteiger partial charge in [-0.05, 0) is 57.6 Å². The number of para-hydroxylation sites is 1. The van der Waals surface area contributed by atoms with Crippen LogP contribution < -0.4 is 14.8 Å². The molecular weight excluding hydrogens is 422 g/mol. The largest absolute Gasteiger partial charge is 0.493 e. The van der Waals surface area contributed by atoms with Crippen molar-refractivity contribution in [2.24, 2.45) is 5.92 Å². The lowest BCUT2D eigenvalue weighted by atomic mass is 9.76. The highest BCUT2D eigenvalue weighted by Crippen LogP contribution is 2.52. The zero-order valence-electron chi connectivity index (χ0n) is 16.0. The van der Waals surface area contributed by atoms with Gasteiger partial charge in [0.05, 0.1) is 43.1 Å². The van der Waals surface area contributed by atoms with Crippen molar-refractivity contribution in [1.29, 1.82) is 0 Å². The summed E-state index contributed by atoms with van der Waals surface area (Å²) in [4.78, 5) is 12.3. The van der Waals surface area contributed by atoms with E-state index in [1.54, 1.807) is 20.3 Å². The number of esters is 1. The predicted octanol–water partition coefficient (Wildman–Crippen LogP) is 5.08. The molecule has 3 atom stereocenters. The minimum absolute atomic E-state index is 0.0226. The second kappa shape index (κ2) is 7.51. The SMILES string of the molecule is COC(=O)c1cccc2c1N[C@@H](c1cc(Br)c(OC)c(OC)c1)[C@H]1CC=C[C@@H]21. The number of methoxy groups -OCH3 is 3. The van der Waals surface area contributed by atoms with Crippen molar-refractivity contribution in [3.05, 3.63) is 63.6 Å². The summed E-state index contributed by atoms with van der Waals surface area (Å²) in [5, 5.41) is 3.63. The van der Waals surface area contributed by atoms with Crippen LogP contribution in [0, 0.1) is 5.92 Å². The fourth-order valence-electron chi connectivity index (χ4n) is 4.35. The molecule has 0 radical (unpaired) electrons.